The number of aromatic nitrogens is 3. The summed E-state index contributed by atoms with van der Waals surface area (Å²) >= 11 is 0. The first-order chi connectivity index (χ1) is 10.2. The van der Waals surface area contributed by atoms with Gasteiger partial charge in [-0.25, -0.2) is 14.4 Å². The Kier molecular flexibility index (Phi) is 3.43. The summed E-state index contributed by atoms with van der Waals surface area (Å²) < 4.78 is 15.2. The van der Waals surface area contributed by atoms with E-state index in [0.29, 0.717) is 6.54 Å². The largest absolute Gasteiger partial charge is 0.372 e. The molecule has 0 atom stereocenters. The summed E-state index contributed by atoms with van der Waals surface area (Å²) in [5.41, 5.74) is 1.66. The van der Waals surface area contributed by atoms with Crippen LogP contribution in [0.15, 0.2) is 42.9 Å². The molecule has 0 spiro atoms. The highest BCUT2D eigenvalue weighted by molar-refractivity contribution is 5.66. The van der Waals surface area contributed by atoms with E-state index in [-0.39, 0.29) is 5.82 Å². The lowest BCUT2D eigenvalue weighted by atomic mass is 10.2. The van der Waals surface area contributed by atoms with Crippen molar-refractivity contribution < 1.29 is 4.39 Å². The first kappa shape index (κ1) is 13.4. The van der Waals surface area contributed by atoms with Gasteiger partial charge in [0.1, 0.15) is 11.6 Å². The maximum atomic E-state index is 13.3. The van der Waals surface area contributed by atoms with Crippen LogP contribution >= 0.6 is 0 Å². The Morgan fingerprint density at radius 3 is 3.00 bits per heavy atom. The summed E-state index contributed by atoms with van der Waals surface area (Å²) in [7, 11) is 3.74. The number of halogens is 1. The van der Waals surface area contributed by atoms with Crippen molar-refractivity contribution in [2.45, 2.75) is 6.54 Å². The van der Waals surface area contributed by atoms with E-state index in [1.54, 1.807) is 12.3 Å². The van der Waals surface area contributed by atoms with Crippen molar-refractivity contribution in [1.82, 2.24) is 14.4 Å². The summed E-state index contributed by atoms with van der Waals surface area (Å²) in [5, 5.41) is 3.03. The molecule has 0 amide bonds. The molecule has 0 aliphatic rings. The second kappa shape index (κ2) is 5.40. The first-order valence-corrected chi connectivity index (χ1v) is 6.64. The predicted molar refractivity (Wildman–Crippen MR) is 81.0 cm³/mol. The van der Waals surface area contributed by atoms with Gasteiger partial charge in [0.2, 0.25) is 0 Å². The van der Waals surface area contributed by atoms with Crippen molar-refractivity contribution in [3.8, 4) is 0 Å². The van der Waals surface area contributed by atoms with Crippen molar-refractivity contribution in [1.29, 1.82) is 0 Å². The summed E-state index contributed by atoms with van der Waals surface area (Å²) in [6, 6.07) is 6.57. The number of fused-ring (bicyclic) bond motifs is 1. The third-order valence-electron chi connectivity index (χ3n) is 3.28. The highest BCUT2D eigenvalue weighted by atomic mass is 19.1. The molecule has 0 unspecified atom stereocenters. The summed E-state index contributed by atoms with van der Waals surface area (Å²) in [4.78, 5) is 10.8. The minimum absolute atomic E-state index is 0.233. The van der Waals surface area contributed by atoms with Crippen molar-refractivity contribution in [2.24, 2.45) is 0 Å². The Morgan fingerprint density at radius 1 is 1.38 bits per heavy atom. The van der Waals surface area contributed by atoms with E-state index in [0.717, 1.165) is 22.8 Å². The topological polar surface area (TPSA) is 45.5 Å². The quantitative estimate of drug-likeness (QED) is 0.800. The molecule has 2 aromatic heterocycles. The zero-order valence-electron chi connectivity index (χ0n) is 11.9. The molecule has 21 heavy (non-hydrogen) atoms. The van der Waals surface area contributed by atoms with Gasteiger partial charge in [-0.1, -0.05) is 12.1 Å². The lowest BCUT2D eigenvalue weighted by Gasteiger charge is -2.19. The molecule has 1 N–H and O–H groups in total. The number of hydrogen-bond acceptors (Lipinski definition) is 4. The summed E-state index contributed by atoms with van der Waals surface area (Å²) in [6.45, 7) is 0.556. The van der Waals surface area contributed by atoms with E-state index >= 15 is 0 Å². The molecular weight excluding hydrogens is 269 g/mol. The van der Waals surface area contributed by atoms with E-state index in [1.165, 1.54) is 12.1 Å². The van der Waals surface area contributed by atoms with Crippen LogP contribution in [0.2, 0.25) is 0 Å². The van der Waals surface area contributed by atoms with E-state index in [4.69, 9.17) is 0 Å². The predicted octanol–water partition coefficient (Wildman–Crippen LogP) is 2.55. The number of rotatable bonds is 4. The normalized spacial score (nSPS) is 10.8. The Labute approximate surface area is 122 Å². The van der Waals surface area contributed by atoms with Crippen molar-refractivity contribution in [3.63, 3.8) is 0 Å². The summed E-state index contributed by atoms with van der Waals surface area (Å²) in [5.74, 6) is 1.27. The molecule has 5 nitrogen and oxygen atoms in total. The number of hydrogen-bond donors (Lipinski definition) is 1. The maximum Gasteiger partial charge on any atom is 0.180 e. The highest BCUT2D eigenvalue weighted by Crippen LogP contribution is 2.21. The van der Waals surface area contributed by atoms with Gasteiger partial charge in [-0.2, -0.15) is 0 Å². The molecule has 3 aromatic rings. The second-order valence-electron chi connectivity index (χ2n) is 4.84. The van der Waals surface area contributed by atoms with Crippen LogP contribution < -0.4 is 10.2 Å². The SMILES string of the molecule is CNc1cn2ccnc2c(N(C)Cc2cccc(F)c2)n1. The van der Waals surface area contributed by atoms with Gasteiger partial charge in [0.25, 0.3) is 0 Å². The monoisotopic (exact) mass is 285 g/mol. The van der Waals surface area contributed by atoms with Gasteiger partial charge in [0, 0.05) is 33.0 Å². The Bertz CT molecular complexity index is 768. The molecule has 108 valence electrons. The van der Waals surface area contributed by atoms with Crippen LogP contribution in [0.4, 0.5) is 16.0 Å². The van der Waals surface area contributed by atoms with E-state index < -0.39 is 0 Å². The zero-order chi connectivity index (χ0) is 14.8. The van der Waals surface area contributed by atoms with Crippen molar-refractivity contribution in [2.75, 3.05) is 24.3 Å². The fraction of sp³-hybridized carbons (Fsp3) is 0.200. The van der Waals surface area contributed by atoms with E-state index in [9.17, 15) is 4.39 Å². The van der Waals surface area contributed by atoms with Crippen LogP contribution in [0.5, 0.6) is 0 Å². The van der Waals surface area contributed by atoms with Gasteiger partial charge in [-0.05, 0) is 17.7 Å². The van der Waals surface area contributed by atoms with Crippen LogP contribution in [0.3, 0.4) is 0 Å². The van der Waals surface area contributed by atoms with Gasteiger partial charge in [0.15, 0.2) is 11.5 Å². The van der Waals surface area contributed by atoms with Crippen LogP contribution in [0, 0.1) is 5.82 Å². The van der Waals surface area contributed by atoms with Crippen LogP contribution in [-0.2, 0) is 6.54 Å². The highest BCUT2D eigenvalue weighted by Gasteiger charge is 2.12. The average molecular weight is 285 g/mol. The van der Waals surface area contributed by atoms with Crippen LogP contribution in [0.25, 0.3) is 5.65 Å². The Hall–Kier alpha value is -2.63. The number of imidazole rings is 1. The molecule has 0 aliphatic carbocycles. The van der Waals surface area contributed by atoms with Gasteiger partial charge in [-0.15, -0.1) is 0 Å². The first-order valence-electron chi connectivity index (χ1n) is 6.64. The van der Waals surface area contributed by atoms with Gasteiger partial charge in [-0.3, -0.25) is 0 Å². The minimum atomic E-state index is -0.233. The van der Waals surface area contributed by atoms with Gasteiger partial charge >= 0.3 is 0 Å². The third kappa shape index (κ3) is 2.65. The molecule has 0 saturated heterocycles. The Balaban J connectivity index is 1.97. The summed E-state index contributed by atoms with van der Waals surface area (Å²) in [6.07, 6.45) is 5.48. The fourth-order valence-corrected chi connectivity index (χ4v) is 2.28. The Morgan fingerprint density at radius 2 is 2.24 bits per heavy atom. The zero-order valence-corrected chi connectivity index (χ0v) is 11.9. The standard InChI is InChI=1S/C15H16FN5/c1-17-13-10-21-7-6-18-14(21)15(19-13)20(2)9-11-4-3-5-12(16)8-11/h3-8,10,17H,9H2,1-2H3. The smallest absolute Gasteiger partial charge is 0.180 e. The number of nitrogens with one attached hydrogen (secondary N) is 1. The van der Waals surface area contributed by atoms with Gasteiger partial charge < -0.3 is 14.6 Å². The van der Waals surface area contributed by atoms with Crippen molar-refractivity contribution >= 4 is 17.3 Å². The van der Waals surface area contributed by atoms with Crippen LogP contribution in [-0.4, -0.2) is 28.5 Å². The average Bonchev–Trinajstić information content (AvgIpc) is 2.94. The molecule has 2 heterocycles. The fourth-order valence-electron chi connectivity index (χ4n) is 2.28. The molecule has 3 rings (SSSR count). The molecule has 0 bridgehead atoms. The van der Waals surface area contributed by atoms with Crippen LogP contribution in [0.1, 0.15) is 5.56 Å². The molecule has 0 fully saturated rings. The maximum absolute atomic E-state index is 13.3. The molecule has 0 saturated carbocycles. The van der Waals surface area contributed by atoms with E-state index in [2.05, 4.69) is 15.3 Å². The van der Waals surface area contributed by atoms with Crippen molar-refractivity contribution in [3.05, 3.63) is 54.2 Å². The number of nitrogens with zero attached hydrogens (tertiary/aromatic N) is 4. The number of anilines is 2. The molecule has 0 aliphatic heterocycles. The van der Waals surface area contributed by atoms with Gasteiger partial charge in [0.05, 0.1) is 6.20 Å². The molecule has 6 heteroatoms. The minimum Gasteiger partial charge on any atom is -0.372 e. The number of benzene rings is 1. The molecule has 0 radical (unpaired) electrons. The molecular formula is C15H16FN5. The lowest BCUT2D eigenvalue weighted by molar-refractivity contribution is 0.625. The second-order valence-corrected chi connectivity index (χ2v) is 4.84. The lowest BCUT2D eigenvalue weighted by Crippen LogP contribution is -2.19. The van der Waals surface area contributed by atoms with E-state index in [1.807, 2.05) is 41.9 Å². The molecule has 1 aromatic carbocycles. The third-order valence-corrected chi connectivity index (χ3v) is 3.28.